The molecule has 1 atom stereocenters. The monoisotopic (exact) mass is 450 g/mol. The Balaban J connectivity index is 1.67. The number of ether oxygens (including phenoxy) is 1. The third kappa shape index (κ3) is 4.62. The molecule has 1 aliphatic rings. The van der Waals surface area contributed by atoms with Crippen LogP contribution >= 0.6 is 0 Å². The molecule has 1 fully saturated rings. The summed E-state index contributed by atoms with van der Waals surface area (Å²) in [5.41, 5.74) is -1.77. The van der Waals surface area contributed by atoms with Gasteiger partial charge in [-0.15, -0.1) is 0 Å². The van der Waals surface area contributed by atoms with Gasteiger partial charge in [0.25, 0.3) is 10.0 Å². The number of sulfonamides is 1. The summed E-state index contributed by atoms with van der Waals surface area (Å²) in [6.07, 6.45) is -4.09. The lowest BCUT2D eigenvalue weighted by Crippen LogP contribution is -2.35. The minimum absolute atomic E-state index is 0.00860. The number of nitrogens with one attached hydrogen (secondary N) is 2. The number of benzene rings is 3. The molecule has 9 heteroatoms. The molecule has 2 N–H and O–H groups in total. The van der Waals surface area contributed by atoms with Crippen LogP contribution in [0.3, 0.4) is 0 Å². The van der Waals surface area contributed by atoms with E-state index in [0.717, 1.165) is 29.0 Å². The van der Waals surface area contributed by atoms with Crippen LogP contribution in [0.4, 0.5) is 18.9 Å². The maximum atomic E-state index is 13.5. The smallest absolute Gasteiger partial charge is 0.419 e. The van der Waals surface area contributed by atoms with Crippen LogP contribution in [-0.4, -0.2) is 27.1 Å². The molecule has 1 saturated heterocycles. The summed E-state index contributed by atoms with van der Waals surface area (Å²) in [6.45, 7) is 2.75. The number of hydrogen-bond donors (Lipinski definition) is 2. The van der Waals surface area contributed by atoms with Crippen LogP contribution in [0.2, 0.25) is 0 Å². The zero-order valence-electron chi connectivity index (χ0n) is 16.7. The summed E-state index contributed by atoms with van der Waals surface area (Å²) in [6, 6.07) is 14.9. The number of hydrogen-bond acceptors (Lipinski definition) is 4. The lowest BCUT2D eigenvalue weighted by molar-refractivity contribution is -0.139. The summed E-state index contributed by atoms with van der Waals surface area (Å²) in [7, 11) is -4.01. The number of halogens is 3. The number of fused-ring (bicyclic) bond motifs is 1. The molecule has 0 bridgehead atoms. The lowest BCUT2D eigenvalue weighted by Gasteiger charge is -2.27. The Labute approximate surface area is 178 Å². The van der Waals surface area contributed by atoms with Crippen molar-refractivity contribution in [1.82, 2.24) is 5.32 Å². The van der Waals surface area contributed by atoms with Crippen LogP contribution in [-0.2, 0) is 16.2 Å². The molecule has 4 rings (SSSR count). The van der Waals surface area contributed by atoms with Crippen LogP contribution in [0.5, 0.6) is 5.75 Å². The van der Waals surface area contributed by atoms with Gasteiger partial charge in [-0.2, -0.15) is 13.2 Å². The highest BCUT2D eigenvalue weighted by Gasteiger charge is 2.38. The van der Waals surface area contributed by atoms with Crippen LogP contribution < -0.4 is 14.8 Å². The van der Waals surface area contributed by atoms with Gasteiger partial charge < -0.3 is 10.1 Å². The highest BCUT2D eigenvalue weighted by Crippen LogP contribution is 2.40. The second-order valence-electron chi connectivity index (χ2n) is 7.80. The Hall–Kier alpha value is -2.78. The van der Waals surface area contributed by atoms with Gasteiger partial charge in [-0.25, -0.2) is 8.42 Å². The maximum absolute atomic E-state index is 13.5. The molecule has 0 radical (unpaired) electrons. The topological polar surface area (TPSA) is 67.4 Å². The minimum Gasteiger partial charge on any atom is -0.485 e. The molecule has 31 heavy (non-hydrogen) atoms. The highest BCUT2D eigenvalue weighted by molar-refractivity contribution is 7.92. The summed E-state index contributed by atoms with van der Waals surface area (Å²) in [4.78, 5) is 0.0144. The van der Waals surface area contributed by atoms with E-state index < -0.39 is 33.1 Å². The first-order valence-electron chi connectivity index (χ1n) is 9.68. The van der Waals surface area contributed by atoms with Gasteiger partial charge in [-0.3, -0.25) is 4.72 Å². The average molecular weight is 450 g/mol. The second-order valence-corrected chi connectivity index (χ2v) is 9.48. The Kier molecular flexibility index (Phi) is 5.35. The van der Waals surface area contributed by atoms with Crippen LogP contribution in [0.1, 0.15) is 18.9 Å². The molecule has 164 valence electrons. The predicted molar refractivity (Wildman–Crippen MR) is 113 cm³/mol. The highest BCUT2D eigenvalue weighted by atomic mass is 32.2. The van der Waals surface area contributed by atoms with Gasteiger partial charge >= 0.3 is 6.18 Å². The van der Waals surface area contributed by atoms with Crippen molar-refractivity contribution >= 4 is 26.5 Å². The van der Waals surface area contributed by atoms with E-state index in [2.05, 4.69) is 10.0 Å². The van der Waals surface area contributed by atoms with E-state index in [0.29, 0.717) is 19.5 Å². The van der Waals surface area contributed by atoms with Crippen molar-refractivity contribution in [1.29, 1.82) is 0 Å². The Morgan fingerprint density at radius 3 is 2.45 bits per heavy atom. The summed E-state index contributed by atoms with van der Waals surface area (Å²) >= 11 is 0. The second kappa shape index (κ2) is 7.72. The first-order chi connectivity index (χ1) is 14.6. The number of alkyl halides is 3. The molecule has 1 heterocycles. The molecule has 1 aliphatic heterocycles. The predicted octanol–water partition coefficient (Wildman–Crippen LogP) is 4.79. The first-order valence-corrected chi connectivity index (χ1v) is 11.2. The lowest BCUT2D eigenvalue weighted by atomic mass is 10.1. The quantitative estimate of drug-likeness (QED) is 0.587. The fourth-order valence-corrected chi connectivity index (χ4v) is 4.68. The fraction of sp³-hybridized carbons (Fsp3) is 0.273. The van der Waals surface area contributed by atoms with Crippen LogP contribution in [0.25, 0.3) is 10.8 Å². The molecule has 0 unspecified atom stereocenters. The maximum Gasteiger partial charge on any atom is 0.419 e. The normalized spacial score (nSPS) is 19.5. The molecule has 0 aromatic heterocycles. The van der Waals surface area contributed by atoms with Crippen molar-refractivity contribution in [2.75, 3.05) is 17.8 Å². The Morgan fingerprint density at radius 2 is 1.77 bits per heavy atom. The zero-order valence-corrected chi connectivity index (χ0v) is 17.5. The molecule has 3 aromatic carbocycles. The molecule has 3 aromatic rings. The van der Waals surface area contributed by atoms with Gasteiger partial charge in [-0.1, -0.05) is 30.3 Å². The molecular formula is C22H21F3N2O3S. The van der Waals surface area contributed by atoms with Crippen LogP contribution in [0.15, 0.2) is 65.6 Å². The zero-order chi connectivity index (χ0) is 22.3. The largest absolute Gasteiger partial charge is 0.485 e. The molecule has 5 nitrogen and oxygen atoms in total. The Morgan fingerprint density at radius 1 is 1.03 bits per heavy atom. The van der Waals surface area contributed by atoms with Crippen molar-refractivity contribution in [2.24, 2.45) is 0 Å². The number of anilines is 1. The van der Waals surface area contributed by atoms with Crippen LogP contribution in [0, 0.1) is 0 Å². The standard InChI is InChI=1S/C22H21F3N2O3S/c1-21(10-11-26-14-21)30-20-13-17(7-9-19(20)22(23,24)25)27-31(28,29)18-8-6-15-4-2-3-5-16(15)12-18/h2-9,12-13,26-27H,10-11,14H2,1H3/t21-/m1/s1. The van der Waals surface area contributed by atoms with Gasteiger partial charge in [0.1, 0.15) is 11.4 Å². The van der Waals surface area contributed by atoms with E-state index in [-0.39, 0.29) is 10.6 Å². The van der Waals surface area contributed by atoms with Crippen molar-refractivity contribution in [2.45, 2.75) is 30.0 Å². The Bertz CT molecular complexity index is 1220. The van der Waals surface area contributed by atoms with Gasteiger partial charge in [0, 0.05) is 19.0 Å². The van der Waals surface area contributed by atoms with Crippen molar-refractivity contribution < 1.29 is 26.3 Å². The SMILES string of the molecule is C[C@@]1(Oc2cc(NS(=O)(=O)c3ccc4ccccc4c3)ccc2C(F)(F)F)CCNC1. The average Bonchev–Trinajstić information content (AvgIpc) is 3.12. The molecule has 0 amide bonds. The van der Waals surface area contributed by atoms with E-state index in [1.807, 2.05) is 12.1 Å². The third-order valence-electron chi connectivity index (χ3n) is 5.26. The summed E-state index contributed by atoms with van der Waals surface area (Å²) in [5, 5.41) is 4.68. The van der Waals surface area contributed by atoms with Crippen molar-refractivity contribution in [3.8, 4) is 5.75 Å². The van der Waals surface area contributed by atoms with Gasteiger partial charge in [0.2, 0.25) is 0 Å². The van der Waals surface area contributed by atoms with Gasteiger partial charge in [-0.05, 0) is 48.5 Å². The molecule has 0 aliphatic carbocycles. The van der Waals surface area contributed by atoms with Crippen molar-refractivity contribution in [3.05, 3.63) is 66.2 Å². The van der Waals surface area contributed by atoms with E-state index in [4.69, 9.17) is 4.74 Å². The van der Waals surface area contributed by atoms with Gasteiger partial charge in [0.05, 0.1) is 16.1 Å². The van der Waals surface area contributed by atoms with E-state index in [1.165, 1.54) is 12.1 Å². The molecule has 0 saturated carbocycles. The third-order valence-corrected chi connectivity index (χ3v) is 6.64. The van der Waals surface area contributed by atoms with E-state index >= 15 is 0 Å². The van der Waals surface area contributed by atoms with Gasteiger partial charge in [0.15, 0.2) is 0 Å². The minimum atomic E-state index is -4.63. The van der Waals surface area contributed by atoms with E-state index in [1.54, 1.807) is 25.1 Å². The summed E-state index contributed by atoms with van der Waals surface area (Å²) in [5.74, 6) is -0.405. The first kappa shape index (κ1) is 21.5. The number of rotatable bonds is 5. The molecular weight excluding hydrogens is 429 g/mol. The summed E-state index contributed by atoms with van der Waals surface area (Å²) < 4.78 is 74.3. The van der Waals surface area contributed by atoms with Crippen molar-refractivity contribution in [3.63, 3.8) is 0 Å². The fourth-order valence-electron chi connectivity index (χ4n) is 3.60. The molecule has 0 spiro atoms. The van der Waals surface area contributed by atoms with E-state index in [9.17, 15) is 21.6 Å².